The average Bonchev–Trinajstić information content (AvgIpc) is 3.76. The molecule has 3 heterocycles. The number of aromatic nitrogens is 4. The molecule has 202 valence electrons. The third-order valence-corrected chi connectivity index (χ3v) is 8.14. The minimum atomic E-state index is 0.827. The van der Waals surface area contributed by atoms with Gasteiger partial charge in [0.1, 0.15) is 22.8 Å². The highest BCUT2D eigenvalue weighted by molar-refractivity contribution is 6.13. The van der Waals surface area contributed by atoms with Crippen LogP contribution in [0.15, 0.2) is 150 Å². The Bertz CT molecular complexity index is 2450. The Morgan fingerprint density at radius 3 is 1.72 bits per heavy atom. The van der Waals surface area contributed by atoms with E-state index in [2.05, 4.69) is 118 Å². The topological polar surface area (TPSA) is 48.8 Å². The minimum absolute atomic E-state index is 0.827. The Balaban J connectivity index is 1.33. The smallest absolute Gasteiger partial charge is 0.146 e. The molecule has 0 aliphatic carbocycles. The Hall–Kier alpha value is -5.94. The van der Waals surface area contributed by atoms with Crippen LogP contribution in [-0.2, 0) is 0 Å². The molecule has 5 heteroatoms. The molecule has 0 saturated carbocycles. The first-order valence-electron chi connectivity index (χ1n) is 14.4. The predicted octanol–water partition coefficient (Wildman–Crippen LogP) is 9.60. The van der Waals surface area contributed by atoms with Crippen molar-refractivity contribution in [3.05, 3.63) is 146 Å². The molecule has 0 atom stereocenters. The van der Waals surface area contributed by atoms with Gasteiger partial charge in [0.05, 0.1) is 22.1 Å². The van der Waals surface area contributed by atoms with Crippen molar-refractivity contribution in [3.63, 3.8) is 0 Å². The van der Waals surface area contributed by atoms with Gasteiger partial charge in [0.15, 0.2) is 0 Å². The third-order valence-electron chi connectivity index (χ3n) is 8.14. The van der Waals surface area contributed by atoms with Gasteiger partial charge in [-0.1, -0.05) is 72.8 Å². The highest BCUT2D eigenvalue weighted by atomic mass is 16.3. The molecule has 0 aliphatic heterocycles. The number of rotatable bonds is 4. The van der Waals surface area contributed by atoms with Gasteiger partial charge in [0.2, 0.25) is 0 Å². The normalized spacial score (nSPS) is 11.7. The van der Waals surface area contributed by atoms with Gasteiger partial charge in [0, 0.05) is 33.3 Å². The molecular weight excluding hydrogens is 528 g/mol. The first-order valence-corrected chi connectivity index (χ1v) is 14.4. The van der Waals surface area contributed by atoms with Crippen LogP contribution in [-0.4, -0.2) is 19.1 Å². The van der Waals surface area contributed by atoms with Crippen LogP contribution < -0.4 is 0 Å². The summed E-state index contributed by atoms with van der Waals surface area (Å²) in [5.41, 5.74) is 9.85. The first kappa shape index (κ1) is 23.7. The van der Waals surface area contributed by atoms with Gasteiger partial charge < -0.3 is 4.42 Å². The molecule has 0 fully saturated rings. The van der Waals surface area contributed by atoms with Crippen molar-refractivity contribution < 1.29 is 4.42 Å². The van der Waals surface area contributed by atoms with Gasteiger partial charge >= 0.3 is 0 Å². The lowest BCUT2D eigenvalue weighted by atomic mass is 10.0. The lowest BCUT2D eigenvalue weighted by Gasteiger charge is -2.11. The molecule has 0 spiro atoms. The molecule has 5 nitrogen and oxygen atoms in total. The quantitative estimate of drug-likeness (QED) is 0.218. The molecule has 0 amide bonds. The number of hydrogen-bond donors (Lipinski definition) is 0. The Labute approximate surface area is 246 Å². The summed E-state index contributed by atoms with van der Waals surface area (Å²) in [6.45, 7) is 0. The maximum atomic E-state index is 6.43. The number of furan rings is 1. The molecule has 3 aromatic heterocycles. The second-order valence-corrected chi connectivity index (χ2v) is 10.7. The summed E-state index contributed by atoms with van der Waals surface area (Å²) in [6, 6.07) is 50.0. The minimum Gasteiger partial charge on any atom is -0.456 e. The van der Waals surface area contributed by atoms with Crippen molar-refractivity contribution in [2.45, 2.75) is 0 Å². The maximum absolute atomic E-state index is 6.43. The first-order chi connectivity index (χ1) is 21.3. The van der Waals surface area contributed by atoms with Crippen molar-refractivity contribution in [2.24, 2.45) is 0 Å². The molecule has 0 unspecified atom stereocenters. The molecule has 9 rings (SSSR count). The number of nitrogens with zero attached hydrogens (tertiary/aromatic N) is 4. The van der Waals surface area contributed by atoms with Crippen LogP contribution in [0.3, 0.4) is 0 Å². The number of hydrogen-bond acceptors (Lipinski definition) is 3. The molecular formula is C38H24N4O. The summed E-state index contributed by atoms with van der Waals surface area (Å²) in [4.78, 5) is 10.3. The molecule has 0 radical (unpaired) electrons. The van der Waals surface area contributed by atoms with E-state index in [9.17, 15) is 0 Å². The highest BCUT2D eigenvalue weighted by Gasteiger charge is 2.21. The fourth-order valence-corrected chi connectivity index (χ4v) is 6.26. The SMILES string of the molecule is c1ccc(-n2c(-c3ccc4oc5cccc(-c6nc7ccccc7n6-c6ccccc6)c5c4c3)nc3ccccc32)cc1. The summed E-state index contributed by atoms with van der Waals surface area (Å²) < 4.78 is 10.9. The van der Waals surface area contributed by atoms with E-state index in [1.165, 1.54) is 0 Å². The number of benzene rings is 6. The summed E-state index contributed by atoms with van der Waals surface area (Å²) >= 11 is 0. The summed E-state index contributed by atoms with van der Waals surface area (Å²) in [5.74, 6) is 1.76. The van der Waals surface area contributed by atoms with Crippen molar-refractivity contribution >= 4 is 44.0 Å². The van der Waals surface area contributed by atoms with Gasteiger partial charge in [0.25, 0.3) is 0 Å². The number of imidazole rings is 2. The van der Waals surface area contributed by atoms with Crippen LogP contribution in [0.1, 0.15) is 0 Å². The van der Waals surface area contributed by atoms with E-state index in [0.717, 1.165) is 78.2 Å². The van der Waals surface area contributed by atoms with Crippen LogP contribution in [0, 0.1) is 0 Å². The Morgan fingerprint density at radius 2 is 1.05 bits per heavy atom. The van der Waals surface area contributed by atoms with Crippen LogP contribution in [0.2, 0.25) is 0 Å². The van der Waals surface area contributed by atoms with E-state index >= 15 is 0 Å². The zero-order chi connectivity index (χ0) is 28.3. The number of fused-ring (bicyclic) bond motifs is 5. The molecule has 6 aromatic carbocycles. The van der Waals surface area contributed by atoms with Gasteiger partial charge in [-0.25, -0.2) is 9.97 Å². The highest BCUT2D eigenvalue weighted by Crippen LogP contribution is 2.40. The zero-order valence-electron chi connectivity index (χ0n) is 23.1. The maximum Gasteiger partial charge on any atom is 0.146 e. The predicted molar refractivity (Wildman–Crippen MR) is 174 cm³/mol. The fourth-order valence-electron chi connectivity index (χ4n) is 6.26. The van der Waals surface area contributed by atoms with E-state index in [1.54, 1.807) is 0 Å². The van der Waals surface area contributed by atoms with Crippen molar-refractivity contribution in [1.82, 2.24) is 19.1 Å². The molecule has 43 heavy (non-hydrogen) atoms. The van der Waals surface area contributed by atoms with Gasteiger partial charge in [-0.2, -0.15) is 0 Å². The summed E-state index contributed by atoms with van der Waals surface area (Å²) in [5, 5.41) is 2.07. The third kappa shape index (κ3) is 3.65. The van der Waals surface area contributed by atoms with E-state index in [4.69, 9.17) is 14.4 Å². The van der Waals surface area contributed by atoms with Crippen LogP contribution in [0.25, 0.3) is 78.2 Å². The van der Waals surface area contributed by atoms with E-state index in [-0.39, 0.29) is 0 Å². The zero-order valence-corrected chi connectivity index (χ0v) is 23.1. The monoisotopic (exact) mass is 552 g/mol. The van der Waals surface area contributed by atoms with Gasteiger partial charge in [-0.3, -0.25) is 9.13 Å². The fraction of sp³-hybridized carbons (Fsp3) is 0. The lowest BCUT2D eigenvalue weighted by molar-refractivity contribution is 0.669. The standard InChI is InChI=1S/C38H24N4O/c1-3-12-26(13-4-1)41-32-19-9-7-17-30(32)39-37(41)25-22-23-34-29(24-25)36-28(16-11-21-35(36)43-34)38-40-31-18-8-10-20-33(31)42(38)27-14-5-2-6-15-27/h1-24H. The van der Waals surface area contributed by atoms with E-state index in [0.29, 0.717) is 0 Å². The Kier molecular flexibility index (Phi) is 5.13. The number of para-hydroxylation sites is 6. The van der Waals surface area contributed by atoms with Crippen LogP contribution >= 0.6 is 0 Å². The largest absolute Gasteiger partial charge is 0.456 e. The van der Waals surface area contributed by atoms with Crippen molar-refractivity contribution in [3.8, 4) is 34.2 Å². The summed E-state index contributed by atoms with van der Waals surface area (Å²) in [7, 11) is 0. The van der Waals surface area contributed by atoms with Crippen molar-refractivity contribution in [2.75, 3.05) is 0 Å². The van der Waals surface area contributed by atoms with Crippen LogP contribution in [0.4, 0.5) is 0 Å². The van der Waals surface area contributed by atoms with Gasteiger partial charge in [-0.15, -0.1) is 0 Å². The van der Waals surface area contributed by atoms with Crippen molar-refractivity contribution in [1.29, 1.82) is 0 Å². The molecule has 0 bridgehead atoms. The molecule has 0 N–H and O–H groups in total. The lowest BCUT2D eigenvalue weighted by Crippen LogP contribution is -1.98. The van der Waals surface area contributed by atoms with E-state index in [1.807, 2.05) is 36.4 Å². The van der Waals surface area contributed by atoms with Crippen LogP contribution in [0.5, 0.6) is 0 Å². The average molecular weight is 553 g/mol. The molecule has 0 saturated heterocycles. The molecule has 9 aromatic rings. The van der Waals surface area contributed by atoms with Gasteiger partial charge in [-0.05, 0) is 72.8 Å². The summed E-state index contributed by atoms with van der Waals surface area (Å²) in [6.07, 6.45) is 0. The second-order valence-electron chi connectivity index (χ2n) is 10.7. The van der Waals surface area contributed by atoms with E-state index < -0.39 is 0 Å². The second kappa shape index (κ2) is 9.29. The Morgan fingerprint density at radius 1 is 0.465 bits per heavy atom. The molecule has 0 aliphatic rings.